The largest absolute Gasteiger partial charge is 0.497 e. The van der Waals surface area contributed by atoms with E-state index in [1.165, 1.54) is 23.0 Å². The zero-order valence-corrected chi connectivity index (χ0v) is 21.0. The molecule has 0 saturated heterocycles. The molecule has 36 heavy (non-hydrogen) atoms. The Bertz CT molecular complexity index is 1570. The van der Waals surface area contributed by atoms with E-state index in [-0.39, 0.29) is 24.5 Å². The van der Waals surface area contributed by atoms with Crippen molar-refractivity contribution in [1.29, 1.82) is 0 Å². The van der Waals surface area contributed by atoms with Crippen molar-refractivity contribution >= 4 is 23.4 Å². The van der Waals surface area contributed by atoms with Crippen LogP contribution in [0.15, 0.2) is 57.5 Å². The molecule has 0 aliphatic carbocycles. The number of rotatable bonds is 6. The molecule has 3 heterocycles. The summed E-state index contributed by atoms with van der Waals surface area (Å²) in [7, 11) is 3.09. The predicted octanol–water partition coefficient (Wildman–Crippen LogP) is 2.54. The van der Waals surface area contributed by atoms with Gasteiger partial charge in [-0.1, -0.05) is 17.4 Å². The van der Waals surface area contributed by atoms with E-state index in [0.29, 0.717) is 43.6 Å². The normalized spacial score (nSPS) is 16.4. The maximum absolute atomic E-state index is 13.8. The lowest BCUT2D eigenvalue weighted by molar-refractivity contribution is -0.139. The van der Waals surface area contributed by atoms with E-state index in [9.17, 15) is 9.59 Å². The van der Waals surface area contributed by atoms with Crippen molar-refractivity contribution in [2.45, 2.75) is 19.9 Å². The lowest BCUT2D eigenvalue weighted by Gasteiger charge is -2.26. The first-order chi connectivity index (χ1) is 17.4. The van der Waals surface area contributed by atoms with Crippen LogP contribution in [0.1, 0.15) is 31.0 Å². The molecule has 2 aromatic carbocycles. The lowest BCUT2D eigenvalue weighted by atomic mass is 9.94. The number of ether oxygens (including phenoxy) is 5. The van der Waals surface area contributed by atoms with Gasteiger partial charge < -0.3 is 23.7 Å². The average molecular weight is 509 g/mol. The maximum Gasteiger partial charge on any atom is 0.338 e. The Kier molecular flexibility index (Phi) is 6.27. The lowest BCUT2D eigenvalue weighted by Crippen LogP contribution is -2.40. The van der Waals surface area contributed by atoms with Gasteiger partial charge >= 0.3 is 5.97 Å². The van der Waals surface area contributed by atoms with E-state index in [2.05, 4.69) is 4.99 Å². The monoisotopic (exact) mass is 508 g/mol. The molecule has 9 nitrogen and oxygen atoms in total. The molecule has 5 rings (SSSR count). The van der Waals surface area contributed by atoms with Crippen LogP contribution in [0, 0.1) is 0 Å². The third kappa shape index (κ3) is 4.03. The summed E-state index contributed by atoms with van der Waals surface area (Å²) in [6.07, 6.45) is 1.77. The zero-order chi connectivity index (χ0) is 25.4. The Labute approximate surface area is 210 Å². The third-order valence-corrected chi connectivity index (χ3v) is 6.93. The molecule has 0 N–H and O–H groups in total. The summed E-state index contributed by atoms with van der Waals surface area (Å²) in [5.74, 6) is 1.80. The average Bonchev–Trinajstić information content (AvgIpc) is 3.46. The highest BCUT2D eigenvalue weighted by atomic mass is 32.1. The number of carbonyl (C=O) groups is 1. The highest BCUT2D eigenvalue weighted by molar-refractivity contribution is 7.07. The van der Waals surface area contributed by atoms with Crippen molar-refractivity contribution in [3.8, 4) is 23.0 Å². The van der Waals surface area contributed by atoms with Crippen LogP contribution in [0.25, 0.3) is 6.08 Å². The molecule has 0 spiro atoms. The summed E-state index contributed by atoms with van der Waals surface area (Å²) in [5, 5.41) is 0. The van der Waals surface area contributed by atoms with E-state index in [1.54, 1.807) is 51.3 Å². The number of hydrogen-bond donors (Lipinski definition) is 0. The minimum absolute atomic E-state index is 0.166. The van der Waals surface area contributed by atoms with Crippen molar-refractivity contribution in [2.75, 3.05) is 27.6 Å². The highest BCUT2D eigenvalue weighted by Gasteiger charge is 2.35. The second-order valence-corrected chi connectivity index (χ2v) is 9.03. The fourth-order valence-corrected chi connectivity index (χ4v) is 5.34. The Morgan fingerprint density at radius 3 is 2.72 bits per heavy atom. The van der Waals surface area contributed by atoms with Crippen LogP contribution >= 0.6 is 11.3 Å². The van der Waals surface area contributed by atoms with Crippen LogP contribution in [0.2, 0.25) is 0 Å². The smallest absolute Gasteiger partial charge is 0.338 e. The first kappa shape index (κ1) is 23.7. The van der Waals surface area contributed by atoms with Gasteiger partial charge in [-0.2, -0.15) is 0 Å². The van der Waals surface area contributed by atoms with Gasteiger partial charge in [0.1, 0.15) is 17.5 Å². The summed E-state index contributed by atoms with van der Waals surface area (Å²) >= 11 is 1.24. The molecule has 2 aliphatic heterocycles. The number of nitrogens with zero attached hydrogens (tertiary/aromatic N) is 2. The quantitative estimate of drug-likeness (QED) is 0.472. The van der Waals surface area contributed by atoms with Crippen LogP contribution in [-0.2, 0) is 9.53 Å². The van der Waals surface area contributed by atoms with Crippen LogP contribution in [0.4, 0.5) is 0 Å². The number of allylic oxidation sites excluding steroid dienone is 1. The summed E-state index contributed by atoms with van der Waals surface area (Å²) in [4.78, 5) is 32.0. The van der Waals surface area contributed by atoms with Crippen molar-refractivity contribution in [2.24, 2.45) is 4.99 Å². The van der Waals surface area contributed by atoms with Crippen LogP contribution in [0.5, 0.6) is 23.0 Å². The Balaban J connectivity index is 1.74. The topological polar surface area (TPSA) is 97.6 Å². The van der Waals surface area contributed by atoms with Crippen molar-refractivity contribution in [1.82, 2.24) is 4.57 Å². The van der Waals surface area contributed by atoms with E-state index in [4.69, 9.17) is 23.7 Å². The highest BCUT2D eigenvalue weighted by Crippen LogP contribution is 2.38. The zero-order valence-electron chi connectivity index (χ0n) is 20.2. The standard InChI is InChI=1S/C26H24N2O7S/c1-5-33-25(30)22-14(2)27-26-28(23(22)17-12-16(31-3)7-9-18(17)32-4)24(29)21(36-26)11-15-6-8-19-20(10-15)35-13-34-19/h6-12,23H,5,13H2,1-4H3/b21-11+/t23-/m0/s1. The number of benzene rings is 2. The predicted molar refractivity (Wildman–Crippen MR) is 133 cm³/mol. The molecular formula is C26H24N2O7S. The second kappa shape index (κ2) is 9.54. The first-order valence-corrected chi connectivity index (χ1v) is 12.1. The Morgan fingerprint density at radius 1 is 1.17 bits per heavy atom. The maximum atomic E-state index is 13.8. The molecule has 10 heteroatoms. The molecular weight excluding hydrogens is 484 g/mol. The summed E-state index contributed by atoms with van der Waals surface area (Å²) in [6.45, 7) is 3.82. The van der Waals surface area contributed by atoms with Crippen LogP contribution in [-0.4, -0.2) is 38.2 Å². The number of aromatic nitrogens is 1. The number of fused-ring (bicyclic) bond motifs is 2. The molecule has 0 radical (unpaired) electrons. The number of hydrogen-bond acceptors (Lipinski definition) is 9. The van der Waals surface area contributed by atoms with E-state index in [0.717, 1.165) is 5.56 Å². The van der Waals surface area contributed by atoms with Gasteiger partial charge in [0.2, 0.25) is 6.79 Å². The number of thiazole rings is 1. The molecule has 186 valence electrons. The van der Waals surface area contributed by atoms with Crippen LogP contribution < -0.4 is 33.8 Å². The van der Waals surface area contributed by atoms with E-state index in [1.807, 2.05) is 12.1 Å². The molecule has 1 atom stereocenters. The summed E-state index contributed by atoms with van der Waals surface area (Å²) < 4.78 is 29.2. The van der Waals surface area contributed by atoms with Crippen molar-refractivity contribution in [3.05, 3.63) is 78.5 Å². The fourth-order valence-electron chi connectivity index (χ4n) is 4.29. The molecule has 0 bridgehead atoms. The number of methoxy groups -OCH3 is 2. The molecule has 0 fully saturated rings. The number of esters is 1. The Hall–Kier alpha value is -4.05. The Morgan fingerprint density at radius 2 is 1.97 bits per heavy atom. The van der Waals surface area contributed by atoms with Crippen LogP contribution in [0.3, 0.4) is 0 Å². The summed E-state index contributed by atoms with van der Waals surface area (Å²) in [5.41, 5.74) is 1.82. The van der Waals surface area contributed by atoms with Gasteiger partial charge in [0.05, 0.1) is 36.6 Å². The third-order valence-electron chi connectivity index (χ3n) is 5.94. The first-order valence-electron chi connectivity index (χ1n) is 11.3. The van der Waals surface area contributed by atoms with E-state index < -0.39 is 12.0 Å². The fraction of sp³-hybridized carbons (Fsp3) is 0.269. The van der Waals surface area contributed by atoms with Gasteiger partial charge in [-0.3, -0.25) is 9.36 Å². The second-order valence-electron chi connectivity index (χ2n) is 8.02. The van der Waals surface area contributed by atoms with Gasteiger partial charge in [0, 0.05) is 5.56 Å². The van der Waals surface area contributed by atoms with E-state index >= 15 is 0 Å². The SMILES string of the molecule is CCOC(=O)C1=C(C)N=c2s/c(=C/c3ccc4c(c3)OCO4)c(=O)n2[C@H]1c1cc(OC)ccc1OC. The molecule has 3 aromatic rings. The minimum Gasteiger partial charge on any atom is -0.497 e. The van der Waals surface area contributed by atoms with Gasteiger partial charge in [-0.05, 0) is 55.8 Å². The summed E-state index contributed by atoms with van der Waals surface area (Å²) in [6, 6.07) is 9.92. The molecule has 0 saturated carbocycles. The van der Waals surface area contributed by atoms with Gasteiger partial charge in [0.15, 0.2) is 16.3 Å². The molecule has 1 aromatic heterocycles. The van der Waals surface area contributed by atoms with Gasteiger partial charge in [-0.15, -0.1) is 0 Å². The minimum atomic E-state index is -0.816. The molecule has 0 amide bonds. The number of carbonyl (C=O) groups excluding carboxylic acids is 1. The van der Waals surface area contributed by atoms with Crippen molar-refractivity contribution < 1.29 is 28.5 Å². The molecule has 0 unspecified atom stereocenters. The molecule has 2 aliphatic rings. The van der Waals surface area contributed by atoms with Gasteiger partial charge in [0.25, 0.3) is 5.56 Å². The van der Waals surface area contributed by atoms with Crippen molar-refractivity contribution in [3.63, 3.8) is 0 Å². The van der Waals surface area contributed by atoms with Gasteiger partial charge in [-0.25, -0.2) is 9.79 Å².